The maximum Gasteiger partial charge on any atom is 0.410 e. The van der Waals surface area contributed by atoms with Crippen LogP contribution in [-0.2, 0) is 14.3 Å². The van der Waals surface area contributed by atoms with Crippen molar-refractivity contribution in [2.45, 2.75) is 58.2 Å². The van der Waals surface area contributed by atoms with Crippen LogP contribution in [0.4, 0.5) is 4.79 Å². The minimum Gasteiger partial charge on any atom is -0.444 e. The van der Waals surface area contributed by atoms with Gasteiger partial charge in [0.05, 0.1) is 12.6 Å². The molecule has 7 heteroatoms. The van der Waals surface area contributed by atoms with Gasteiger partial charge in [0.1, 0.15) is 5.60 Å². The van der Waals surface area contributed by atoms with E-state index in [1.807, 2.05) is 27.7 Å². The van der Waals surface area contributed by atoms with Crippen molar-refractivity contribution < 1.29 is 24.2 Å². The zero-order chi connectivity index (χ0) is 17.6. The summed E-state index contributed by atoms with van der Waals surface area (Å²) < 4.78 is 10.6. The number of aliphatic hydroxyl groups excluding tert-OH is 1. The summed E-state index contributed by atoms with van der Waals surface area (Å²) in [6, 6.07) is -0.340. The summed E-state index contributed by atoms with van der Waals surface area (Å²) in [5.41, 5.74) is -0.567. The molecule has 1 saturated heterocycles. The van der Waals surface area contributed by atoms with Gasteiger partial charge in [-0.05, 0) is 34.1 Å². The molecule has 134 valence electrons. The molecule has 1 N–H and O–H groups in total. The summed E-state index contributed by atoms with van der Waals surface area (Å²) in [5, 5.41) is 9.21. The van der Waals surface area contributed by atoms with Gasteiger partial charge in [-0.3, -0.25) is 4.79 Å². The molecule has 1 aliphatic heterocycles. The minimum atomic E-state index is -0.567. The molecule has 7 nitrogen and oxygen atoms in total. The van der Waals surface area contributed by atoms with Crippen LogP contribution in [0.5, 0.6) is 0 Å². The largest absolute Gasteiger partial charge is 0.444 e. The highest BCUT2D eigenvalue weighted by Crippen LogP contribution is 2.19. The van der Waals surface area contributed by atoms with E-state index in [-0.39, 0.29) is 31.0 Å². The second-order valence-electron chi connectivity index (χ2n) is 6.94. The summed E-state index contributed by atoms with van der Waals surface area (Å²) in [4.78, 5) is 28.1. The average Bonchev–Trinajstić information content (AvgIpc) is 2.56. The molecule has 0 saturated carbocycles. The standard InChI is InChI=1S/C16H30N2O5/c1-12-10-18(13(7-9-19)11-22-5)14(20)6-8-17(12)15(21)23-16(2,3)4/h12-13,19H,6-11H2,1-5H3/t12-,13+/m0/s1. The molecule has 2 amide bonds. The Bertz CT molecular complexity index is 402. The number of amides is 2. The van der Waals surface area contributed by atoms with Crippen molar-refractivity contribution >= 4 is 12.0 Å². The monoisotopic (exact) mass is 330 g/mol. The Kier molecular flexibility index (Phi) is 7.28. The number of nitrogens with zero attached hydrogens (tertiary/aromatic N) is 2. The molecule has 0 radical (unpaired) electrons. The topological polar surface area (TPSA) is 79.3 Å². The van der Waals surface area contributed by atoms with Gasteiger partial charge in [-0.1, -0.05) is 0 Å². The number of hydrogen-bond donors (Lipinski definition) is 1. The van der Waals surface area contributed by atoms with Gasteiger partial charge in [-0.15, -0.1) is 0 Å². The van der Waals surface area contributed by atoms with Crippen molar-refractivity contribution in [1.82, 2.24) is 9.80 Å². The highest BCUT2D eigenvalue weighted by atomic mass is 16.6. The molecule has 0 aromatic rings. The van der Waals surface area contributed by atoms with Crippen LogP contribution >= 0.6 is 0 Å². The summed E-state index contributed by atoms with van der Waals surface area (Å²) in [6.45, 7) is 8.46. The summed E-state index contributed by atoms with van der Waals surface area (Å²) in [6.07, 6.45) is 0.304. The van der Waals surface area contributed by atoms with Gasteiger partial charge >= 0.3 is 6.09 Å². The first-order chi connectivity index (χ1) is 10.7. The van der Waals surface area contributed by atoms with Crippen molar-refractivity contribution in [1.29, 1.82) is 0 Å². The molecule has 0 spiro atoms. The lowest BCUT2D eigenvalue weighted by molar-refractivity contribution is -0.134. The van der Waals surface area contributed by atoms with Gasteiger partial charge in [-0.25, -0.2) is 4.79 Å². The van der Waals surface area contributed by atoms with E-state index >= 15 is 0 Å². The third-order valence-corrected chi connectivity index (χ3v) is 3.77. The maximum atomic E-state index is 12.4. The lowest BCUT2D eigenvalue weighted by Gasteiger charge is -2.34. The molecule has 1 aliphatic rings. The average molecular weight is 330 g/mol. The number of hydrogen-bond acceptors (Lipinski definition) is 5. The van der Waals surface area contributed by atoms with Gasteiger partial charge in [0.2, 0.25) is 5.91 Å². The van der Waals surface area contributed by atoms with Gasteiger partial charge in [-0.2, -0.15) is 0 Å². The van der Waals surface area contributed by atoms with Crippen molar-refractivity contribution in [3.63, 3.8) is 0 Å². The fraction of sp³-hybridized carbons (Fsp3) is 0.875. The van der Waals surface area contributed by atoms with E-state index in [9.17, 15) is 14.7 Å². The lowest BCUT2D eigenvalue weighted by atomic mass is 10.1. The number of carbonyl (C=O) groups is 2. The molecule has 23 heavy (non-hydrogen) atoms. The fourth-order valence-electron chi connectivity index (χ4n) is 2.68. The molecule has 0 aliphatic carbocycles. The Morgan fingerprint density at radius 3 is 2.61 bits per heavy atom. The van der Waals surface area contributed by atoms with Crippen LogP contribution in [0, 0.1) is 0 Å². The highest BCUT2D eigenvalue weighted by Gasteiger charge is 2.34. The van der Waals surface area contributed by atoms with E-state index < -0.39 is 11.7 Å². The number of rotatable bonds is 5. The van der Waals surface area contributed by atoms with Crippen LogP contribution in [0.3, 0.4) is 0 Å². The fourth-order valence-corrected chi connectivity index (χ4v) is 2.68. The number of aliphatic hydroxyl groups is 1. The molecule has 0 bridgehead atoms. The van der Waals surface area contributed by atoms with Crippen molar-refractivity contribution in [2.24, 2.45) is 0 Å². The first kappa shape index (κ1) is 19.7. The molecule has 1 fully saturated rings. The van der Waals surface area contributed by atoms with E-state index in [0.717, 1.165) is 0 Å². The summed E-state index contributed by atoms with van der Waals surface area (Å²) in [5.74, 6) is -0.0293. The Labute approximate surface area is 138 Å². The second-order valence-corrected chi connectivity index (χ2v) is 6.94. The van der Waals surface area contributed by atoms with E-state index in [2.05, 4.69) is 0 Å². The quantitative estimate of drug-likeness (QED) is 0.820. The van der Waals surface area contributed by atoms with Crippen LogP contribution in [-0.4, -0.2) is 78.0 Å². The molecule has 0 aromatic heterocycles. The SMILES string of the molecule is COC[C@@H](CCO)N1C[C@H](C)N(C(=O)OC(C)(C)C)CCC1=O. The van der Waals surface area contributed by atoms with Crippen LogP contribution < -0.4 is 0 Å². The minimum absolute atomic E-state index is 0.0119. The van der Waals surface area contributed by atoms with Gasteiger partial charge < -0.3 is 24.4 Å². The van der Waals surface area contributed by atoms with Crippen LogP contribution in [0.1, 0.15) is 40.5 Å². The predicted molar refractivity (Wildman–Crippen MR) is 86.1 cm³/mol. The first-order valence-electron chi connectivity index (χ1n) is 8.08. The van der Waals surface area contributed by atoms with Crippen molar-refractivity contribution in [2.75, 3.05) is 33.4 Å². The zero-order valence-electron chi connectivity index (χ0n) is 14.9. The normalized spacial score (nSPS) is 21.1. The van der Waals surface area contributed by atoms with Crippen molar-refractivity contribution in [3.8, 4) is 0 Å². The van der Waals surface area contributed by atoms with Crippen LogP contribution in [0.25, 0.3) is 0 Å². The smallest absolute Gasteiger partial charge is 0.410 e. The number of carbonyl (C=O) groups excluding carboxylic acids is 2. The molecule has 1 heterocycles. The molecule has 0 aromatic carbocycles. The number of methoxy groups -OCH3 is 1. The molecular weight excluding hydrogens is 300 g/mol. The second kappa shape index (κ2) is 8.49. The van der Waals surface area contributed by atoms with E-state index in [1.54, 1.807) is 16.9 Å². The molecular formula is C16H30N2O5. The Hall–Kier alpha value is -1.34. The first-order valence-corrected chi connectivity index (χ1v) is 8.08. The van der Waals surface area contributed by atoms with Crippen LogP contribution in [0.15, 0.2) is 0 Å². The Morgan fingerprint density at radius 1 is 1.43 bits per heavy atom. The van der Waals surface area contributed by atoms with Gasteiger partial charge in [0.25, 0.3) is 0 Å². The van der Waals surface area contributed by atoms with Gasteiger partial charge in [0.15, 0.2) is 0 Å². The zero-order valence-corrected chi connectivity index (χ0v) is 14.9. The van der Waals surface area contributed by atoms with E-state index in [1.165, 1.54) is 0 Å². The molecule has 0 unspecified atom stereocenters. The van der Waals surface area contributed by atoms with Crippen LogP contribution in [0.2, 0.25) is 0 Å². The van der Waals surface area contributed by atoms with E-state index in [4.69, 9.17) is 9.47 Å². The third kappa shape index (κ3) is 5.99. The molecule has 1 rings (SSSR count). The lowest BCUT2D eigenvalue weighted by Crippen LogP contribution is -2.48. The Balaban J connectivity index is 2.83. The predicted octanol–water partition coefficient (Wildman–Crippen LogP) is 1.24. The van der Waals surface area contributed by atoms with Gasteiger partial charge in [0, 0.05) is 39.3 Å². The summed E-state index contributed by atoms with van der Waals surface area (Å²) in [7, 11) is 1.57. The molecule has 2 atom stereocenters. The third-order valence-electron chi connectivity index (χ3n) is 3.77. The maximum absolute atomic E-state index is 12.4. The highest BCUT2D eigenvalue weighted by molar-refractivity contribution is 5.78. The number of ether oxygens (including phenoxy) is 2. The van der Waals surface area contributed by atoms with E-state index in [0.29, 0.717) is 26.1 Å². The van der Waals surface area contributed by atoms with Crippen molar-refractivity contribution in [3.05, 3.63) is 0 Å². The Morgan fingerprint density at radius 2 is 2.09 bits per heavy atom. The summed E-state index contributed by atoms with van der Waals surface area (Å²) >= 11 is 0.